The van der Waals surface area contributed by atoms with Crippen molar-refractivity contribution in [1.29, 1.82) is 0 Å². The van der Waals surface area contributed by atoms with Gasteiger partial charge in [0.25, 0.3) is 0 Å². The SMILES string of the molecule is COC1CCN(Cc2ccc(C(C)CNC3CC3)cc2)C1. The van der Waals surface area contributed by atoms with Gasteiger partial charge in [0.15, 0.2) is 0 Å². The molecule has 2 atom stereocenters. The van der Waals surface area contributed by atoms with Gasteiger partial charge in [-0.2, -0.15) is 0 Å². The summed E-state index contributed by atoms with van der Waals surface area (Å²) < 4.78 is 5.43. The number of benzene rings is 1. The van der Waals surface area contributed by atoms with Crippen LogP contribution in [-0.4, -0.2) is 43.8 Å². The molecule has 0 aromatic heterocycles. The van der Waals surface area contributed by atoms with E-state index in [2.05, 4.69) is 41.4 Å². The molecule has 1 heterocycles. The minimum atomic E-state index is 0.429. The van der Waals surface area contributed by atoms with E-state index in [9.17, 15) is 0 Å². The second kappa shape index (κ2) is 6.91. The zero-order chi connectivity index (χ0) is 14.7. The van der Waals surface area contributed by atoms with Gasteiger partial charge in [-0.25, -0.2) is 0 Å². The smallest absolute Gasteiger partial charge is 0.0710 e. The van der Waals surface area contributed by atoms with E-state index in [0.717, 1.165) is 32.2 Å². The zero-order valence-electron chi connectivity index (χ0n) is 13.3. The minimum Gasteiger partial charge on any atom is -0.380 e. The Morgan fingerprint density at radius 1 is 1.24 bits per heavy atom. The molecule has 1 aromatic rings. The molecule has 0 spiro atoms. The van der Waals surface area contributed by atoms with Crippen molar-refractivity contribution in [2.24, 2.45) is 0 Å². The molecule has 0 amide bonds. The first-order valence-electron chi connectivity index (χ1n) is 8.32. The zero-order valence-corrected chi connectivity index (χ0v) is 13.3. The molecule has 1 aliphatic heterocycles. The van der Waals surface area contributed by atoms with Crippen molar-refractivity contribution in [3.05, 3.63) is 35.4 Å². The summed E-state index contributed by atoms with van der Waals surface area (Å²) in [7, 11) is 1.82. The Kier molecular flexibility index (Phi) is 4.94. The third-order valence-corrected chi connectivity index (χ3v) is 4.81. The van der Waals surface area contributed by atoms with E-state index < -0.39 is 0 Å². The van der Waals surface area contributed by atoms with Crippen molar-refractivity contribution in [3.63, 3.8) is 0 Å². The summed E-state index contributed by atoms with van der Waals surface area (Å²) in [4.78, 5) is 2.49. The van der Waals surface area contributed by atoms with Crippen LogP contribution in [0.5, 0.6) is 0 Å². The van der Waals surface area contributed by atoms with Crippen LogP contribution in [0.2, 0.25) is 0 Å². The lowest BCUT2D eigenvalue weighted by Gasteiger charge is -2.17. The van der Waals surface area contributed by atoms with Crippen molar-refractivity contribution in [2.75, 3.05) is 26.7 Å². The van der Waals surface area contributed by atoms with Gasteiger partial charge in [0.2, 0.25) is 0 Å². The Morgan fingerprint density at radius 3 is 2.62 bits per heavy atom. The van der Waals surface area contributed by atoms with E-state index in [1.54, 1.807) is 0 Å². The van der Waals surface area contributed by atoms with Crippen LogP contribution in [0, 0.1) is 0 Å². The van der Waals surface area contributed by atoms with Crippen LogP contribution < -0.4 is 5.32 Å². The Morgan fingerprint density at radius 2 is 2.00 bits per heavy atom. The maximum atomic E-state index is 5.43. The molecule has 3 nitrogen and oxygen atoms in total. The average molecular weight is 288 g/mol. The van der Waals surface area contributed by atoms with Crippen LogP contribution in [-0.2, 0) is 11.3 Å². The van der Waals surface area contributed by atoms with E-state index in [4.69, 9.17) is 4.74 Å². The molecule has 1 aliphatic carbocycles. The quantitative estimate of drug-likeness (QED) is 0.835. The van der Waals surface area contributed by atoms with Crippen molar-refractivity contribution in [2.45, 2.75) is 50.8 Å². The molecule has 1 aromatic carbocycles. The van der Waals surface area contributed by atoms with Crippen molar-refractivity contribution in [1.82, 2.24) is 10.2 Å². The molecule has 0 radical (unpaired) electrons. The van der Waals surface area contributed by atoms with Gasteiger partial charge in [-0.3, -0.25) is 4.90 Å². The molecule has 116 valence electrons. The first kappa shape index (κ1) is 15.0. The molecular formula is C18H28N2O. The minimum absolute atomic E-state index is 0.429. The Balaban J connectivity index is 1.49. The highest BCUT2D eigenvalue weighted by Gasteiger charge is 2.22. The number of ether oxygens (including phenoxy) is 1. The molecular weight excluding hydrogens is 260 g/mol. The molecule has 1 saturated carbocycles. The van der Waals surface area contributed by atoms with Gasteiger partial charge in [-0.1, -0.05) is 31.2 Å². The van der Waals surface area contributed by atoms with Gasteiger partial charge in [-0.15, -0.1) is 0 Å². The molecule has 3 heteroatoms. The lowest BCUT2D eigenvalue weighted by Crippen LogP contribution is -2.23. The Bertz CT molecular complexity index is 441. The van der Waals surface area contributed by atoms with Gasteiger partial charge in [0.1, 0.15) is 0 Å². The number of nitrogens with one attached hydrogen (secondary N) is 1. The van der Waals surface area contributed by atoms with Gasteiger partial charge >= 0.3 is 0 Å². The van der Waals surface area contributed by atoms with E-state index >= 15 is 0 Å². The number of nitrogens with zero attached hydrogens (tertiary/aromatic N) is 1. The topological polar surface area (TPSA) is 24.5 Å². The van der Waals surface area contributed by atoms with Gasteiger partial charge in [0.05, 0.1) is 6.10 Å². The van der Waals surface area contributed by atoms with Crippen molar-refractivity contribution < 1.29 is 4.74 Å². The molecule has 1 N–H and O–H groups in total. The van der Waals surface area contributed by atoms with Crippen LogP contribution in [0.3, 0.4) is 0 Å². The first-order valence-corrected chi connectivity index (χ1v) is 8.32. The number of rotatable bonds is 7. The fourth-order valence-electron chi connectivity index (χ4n) is 3.09. The molecule has 2 fully saturated rings. The summed E-state index contributed by atoms with van der Waals surface area (Å²) in [6, 6.07) is 10.00. The van der Waals surface area contributed by atoms with E-state index in [0.29, 0.717) is 12.0 Å². The molecule has 1 saturated heterocycles. The number of hydrogen-bond donors (Lipinski definition) is 1. The highest BCUT2D eigenvalue weighted by Crippen LogP contribution is 2.22. The molecule has 3 rings (SSSR count). The Labute approximate surface area is 128 Å². The second-order valence-electron chi connectivity index (χ2n) is 6.71. The van der Waals surface area contributed by atoms with E-state index in [1.165, 1.54) is 30.4 Å². The van der Waals surface area contributed by atoms with Crippen molar-refractivity contribution >= 4 is 0 Å². The maximum Gasteiger partial charge on any atom is 0.0710 e. The average Bonchev–Trinajstić information content (AvgIpc) is 3.24. The molecule has 2 aliphatic rings. The predicted molar refractivity (Wildman–Crippen MR) is 86.6 cm³/mol. The van der Waals surface area contributed by atoms with Crippen LogP contribution in [0.15, 0.2) is 24.3 Å². The third kappa shape index (κ3) is 4.29. The standard InChI is InChI=1S/C18H28N2O/c1-14(11-19-17-7-8-17)16-5-3-15(4-6-16)12-20-10-9-18(13-20)21-2/h3-6,14,17-19H,7-13H2,1-2H3. The Hall–Kier alpha value is -0.900. The fourth-order valence-corrected chi connectivity index (χ4v) is 3.09. The van der Waals surface area contributed by atoms with Gasteiger partial charge in [0, 0.05) is 39.3 Å². The van der Waals surface area contributed by atoms with E-state index in [-0.39, 0.29) is 0 Å². The summed E-state index contributed by atoms with van der Waals surface area (Å²) in [5.41, 5.74) is 2.86. The second-order valence-corrected chi connectivity index (χ2v) is 6.71. The summed E-state index contributed by atoms with van der Waals surface area (Å²) in [6.45, 7) is 6.69. The highest BCUT2D eigenvalue weighted by molar-refractivity contribution is 5.25. The summed E-state index contributed by atoms with van der Waals surface area (Å²) in [6.07, 6.45) is 4.32. The molecule has 2 unspecified atom stereocenters. The number of likely N-dealkylation sites (tertiary alicyclic amines) is 1. The summed E-state index contributed by atoms with van der Waals surface area (Å²) in [5.74, 6) is 0.601. The molecule has 21 heavy (non-hydrogen) atoms. The summed E-state index contributed by atoms with van der Waals surface area (Å²) in [5, 5.41) is 3.62. The first-order chi connectivity index (χ1) is 10.2. The van der Waals surface area contributed by atoms with Gasteiger partial charge in [-0.05, 0) is 36.3 Å². The van der Waals surface area contributed by atoms with Crippen molar-refractivity contribution in [3.8, 4) is 0 Å². The highest BCUT2D eigenvalue weighted by atomic mass is 16.5. The van der Waals surface area contributed by atoms with Crippen LogP contribution >= 0.6 is 0 Å². The third-order valence-electron chi connectivity index (χ3n) is 4.81. The van der Waals surface area contributed by atoms with Crippen LogP contribution in [0.25, 0.3) is 0 Å². The lowest BCUT2D eigenvalue weighted by molar-refractivity contribution is 0.107. The number of methoxy groups -OCH3 is 1. The van der Waals surface area contributed by atoms with E-state index in [1.807, 2.05) is 7.11 Å². The monoisotopic (exact) mass is 288 g/mol. The fraction of sp³-hybridized carbons (Fsp3) is 0.667. The molecule has 0 bridgehead atoms. The van der Waals surface area contributed by atoms with Gasteiger partial charge < -0.3 is 10.1 Å². The normalized spacial score (nSPS) is 24.4. The van der Waals surface area contributed by atoms with Crippen LogP contribution in [0.1, 0.15) is 43.2 Å². The number of hydrogen-bond acceptors (Lipinski definition) is 3. The summed E-state index contributed by atoms with van der Waals surface area (Å²) >= 11 is 0. The maximum absolute atomic E-state index is 5.43. The predicted octanol–water partition coefficient (Wildman–Crippen LogP) is 2.76. The lowest BCUT2D eigenvalue weighted by atomic mass is 9.99. The largest absolute Gasteiger partial charge is 0.380 e. The van der Waals surface area contributed by atoms with Crippen LogP contribution in [0.4, 0.5) is 0 Å².